The van der Waals surface area contributed by atoms with E-state index in [0.29, 0.717) is 6.54 Å². The van der Waals surface area contributed by atoms with Crippen molar-refractivity contribution in [2.45, 2.75) is 32.9 Å². The zero-order chi connectivity index (χ0) is 14.4. The minimum atomic E-state index is -0.800. The highest BCUT2D eigenvalue weighted by Crippen LogP contribution is 2.40. The third-order valence-corrected chi connectivity index (χ3v) is 5.50. The first-order valence-corrected chi connectivity index (χ1v) is 8.24. The summed E-state index contributed by atoms with van der Waals surface area (Å²) in [7, 11) is 0. The Morgan fingerprint density at radius 3 is 2.60 bits per heavy atom. The summed E-state index contributed by atoms with van der Waals surface area (Å²) in [4.78, 5) is 2.27. The van der Waals surface area contributed by atoms with Crippen LogP contribution in [-0.2, 0) is 0 Å². The van der Waals surface area contributed by atoms with Gasteiger partial charge < -0.3 is 5.11 Å². The van der Waals surface area contributed by atoms with Gasteiger partial charge in [0.05, 0.1) is 6.54 Å². The Balaban J connectivity index is 2.06. The van der Waals surface area contributed by atoms with Gasteiger partial charge in [0.1, 0.15) is 5.69 Å². The number of benzene rings is 1. The summed E-state index contributed by atoms with van der Waals surface area (Å²) in [6.07, 6.45) is 1.13. The molecule has 0 spiro atoms. The molecule has 0 bridgehead atoms. The molecule has 0 unspecified atom stereocenters. The monoisotopic (exact) mass is 291 g/mol. The highest BCUT2D eigenvalue weighted by atomic mass is 32.2. The smallest absolute Gasteiger partial charge is 0.316 e. The van der Waals surface area contributed by atoms with Gasteiger partial charge in [-0.3, -0.25) is 0 Å². The summed E-state index contributed by atoms with van der Waals surface area (Å²) in [6, 6.07) is 10.4. The van der Waals surface area contributed by atoms with Crippen LogP contribution in [0.15, 0.2) is 30.3 Å². The maximum Gasteiger partial charge on any atom is 0.316 e. The number of rotatable bonds is 1. The molecule has 20 heavy (non-hydrogen) atoms. The van der Waals surface area contributed by atoms with E-state index in [1.165, 1.54) is 10.9 Å². The third-order valence-electron chi connectivity index (χ3n) is 4.31. The van der Waals surface area contributed by atoms with Crippen molar-refractivity contribution in [2.24, 2.45) is 5.41 Å². The van der Waals surface area contributed by atoms with E-state index in [2.05, 4.69) is 54.5 Å². The first-order valence-electron chi connectivity index (χ1n) is 7.26. The van der Waals surface area contributed by atoms with E-state index in [4.69, 9.17) is 0 Å². The van der Waals surface area contributed by atoms with E-state index in [9.17, 15) is 5.11 Å². The zero-order valence-corrected chi connectivity index (χ0v) is 13.3. The van der Waals surface area contributed by atoms with E-state index in [-0.39, 0.29) is 5.41 Å². The van der Waals surface area contributed by atoms with Gasteiger partial charge in [-0.2, -0.15) is 0 Å². The minimum absolute atomic E-state index is 0.181. The van der Waals surface area contributed by atoms with Crippen molar-refractivity contribution < 1.29 is 9.68 Å². The van der Waals surface area contributed by atoms with Crippen LogP contribution >= 0.6 is 11.8 Å². The van der Waals surface area contributed by atoms with Gasteiger partial charge in [-0.05, 0) is 30.3 Å². The minimum Gasteiger partial charge on any atom is -0.350 e. The average molecular weight is 291 g/mol. The first kappa shape index (κ1) is 14.0. The van der Waals surface area contributed by atoms with Crippen LogP contribution in [0.3, 0.4) is 0 Å². The molecule has 108 valence electrons. The Morgan fingerprint density at radius 2 is 1.95 bits per heavy atom. The molecule has 0 fully saturated rings. The topological polar surface area (TPSA) is 26.5 Å². The fraction of sp³-hybridized carbons (Fsp3) is 0.562. The fourth-order valence-electron chi connectivity index (χ4n) is 2.95. The standard InChI is InChI=1S/C16H23N2OS/c1-15(2,3)16(19)12-17(13-8-5-4-6-9-13)14-18(16)10-7-11-20-14/h4-6,8-9,19H,7,10-12H2,1-3H3/q+1/t16-/m0/s1. The second-order valence-electron chi connectivity index (χ2n) is 6.62. The van der Waals surface area contributed by atoms with Crippen LogP contribution in [0.1, 0.15) is 27.2 Å². The van der Waals surface area contributed by atoms with Gasteiger partial charge in [-0.1, -0.05) is 39.0 Å². The maximum atomic E-state index is 11.3. The molecule has 0 amide bonds. The Bertz CT molecular complexity index is 535. The van der Waals surface area contributed by atoms with E-state index in [1.54, 1.807) is 0 Å². The number of hydrogen-bond donors (Lipinski definition) is 1. The van der Waals surface area contributed by atoms with Gasteiger partial charge >= 0.3 is 5.17 Å². The summed E-state index contributed by atoms with van der Waals surface area (Å²) in [5, 5.41) is 12.5. The SMILES string of the molecule is CC(C)(C)[C@@]1(O)CN(c2ccccc2)C2=[N+]1CCCS2. The molecule has 0 radical (unpaired) electrons. The van der Waals surface area contributed by atoms with E-state index >= 15 is 0 Å². The second kappa shape index (κ2) is 4.78. The van der Waals surface area contributed by atoms with Crippen LogP contribution < -0.4 is 4.90 Å². The molecule has 1 N–H and O–H groups in total. The van der Waals surface area contributed by atoms with Crippen LogP contribution in [0.25, 0.3) is 0 Å². The molecule has 1 atom stereocenters. The predicted molar refractivity (Wildman–Crippen MR) is 85.4 cm³/mol. The maximum absolute atomic E-state index is 11.3. The zero-order valence-electron chi connectivity index (χ0n) is 12.5. The van der Waals surface area contributed by atoms with Gasteiger partial charge in [0.2, 0.25) is 5.72 Å². The van der Waals surface area contributed by atoms with Crippen LogP contribution in [-0.4, -0.2) is 39.4 Å². The number of para-hydroxylation sites is 1. The molecule has 2 aliphatic heterocycles. The molecule has 2 heterocycles. The number of thioether (sulfide) groups is 1. The first-order chi connectivity index (χ1) is 9.43. The number of amidine groups is 1. The largest absolute Gasteiger partial charge is 0.350 e. The van der Waals surface area contributed by atoms with Crippen molar-refractivity contribution in [1.29, 1.82) is 0 Å². The van der Waals surface area contributed by atoms with E-state index < -0.39 is 5.72 Å². The summed E-state index contributed by atoms with van der Waals surface area (Å²) in [5.41, 5.74) is 0.188. The van der Waals surface area contributed by atoms with Gasteiger partial charge in [0.25, 0.3) is 0 Å². The van der Waals surface area contributed by atoms with Crippen LogP contribution in [0.5, 0.6) is 0 Å². The van der Waals surface area contributed by atoms with Gasteiger partial charge in [-0.15, -0.1) is 0 Å². The molecule has 2 aliphatic rings. The number of aliphatic hydroxyl groups is 1. The molecule has 0 saturated heterocycles. The van der Waals surface area contributed by atoms with Crippen molar-refractivity contribution in [1.82, 2.24) is 0 Å². The Morgan fingerprint density at radius 1 is 1.25 bits per heavy atom. The third kappa shape index (κ3) is 2.06. The summed E-state index contributed by atoms with van der Waals surface area (Å²) < 4.78 is 2.22. The molecule has 0 aliphatic carbocycles. The summed E-state index contributed by atoms with van der Waals surface area (Å²) in [6.45, 7) is 7.96. The van der Waals surface area contributed by atoms with Crippen LogP contribution in [0.4, 0.5) is 5.69 Å². The van der Waals surface area contributed by atoms with Gasteiger partial charge in [0, 0.05) is 11.2 Å². The van der Waals surface area contributed by atoms with Crippen molar-refractivity contribution in [3.63, 3.8) is 0 Å². The summed E-state index contributed by atoms with van der Waals surface area (Å²) in [5.74, 6) is 1.13. The van der Waals surface area contributed by atoms with Crippen molar-refractivity contribution in [2.75, 3.05) is 23.7 Å². The van der Waals surface area contributed by atoms with E-state index in [1.807, 2.05) is 17.8 Å². The quantitative estimate of drug-likeness (QED) is 0.806. The fourth-order valence-corrected chi connectivity index (χ4v) is 4.13. The lowest BCUT2D eigenvalue weighted by molar-refractivity contribution is -0.664. The molecule has 1 aromatic rings. The lowest BCUT2D eigenvalue weighted by atomic mass is 9.82. The molecule has 3 rings (SSSR count). The lowest BCUT2D eigenvalue weighted by Gasteiger charge is -2.35. The molecular formula is C16H23N2OS+. The van der Waals surface area contributed by atoms with Crippen molar-refractivity contribution in [3.8, 4) is 0 Å². The highest BCUT2D eigenvalue weighted by molar-refractivity contribution is 8.13. The normalized spacial score (nSPS) is 26.9. The molecule has 1 aromatic carbocycles. The number of nitrogens with zero attached hydrogens (tertiary/aromatic N) is 2. The predicted octanol–water partition coefficient (Wildman–Crippen LogP) is 2.75. The highest BCUT2D eigenvalue weighted by Gasteiger charge is 2.58. The Hall–Kier alpha value is -1.000. The molecule has 0 saturated carbocycles. The second-order valence-corrected chi connectivity index (χ2v) is 7.69. The van der Waals surface area contributed by atoms with Gasteiger partial charge in [0.15, 0.2) is 6.54 Å². The number of hydrogen-bond acceptors (Lipinski definition) is 3. The van der Waals surface area contributed by atoms with Crippen LogP contribution in [0, 0.1) is 5.41 Å². The molecular weight excluding hydrogens is 268 g/mol. The van der Waals surface area contributed by atoms with Crippen molar-refractivity contribution in [3.05, 3.63) is 30.3 Å². The van der Waals surface area contributed by atoms with Crippen LogP contribution in [0.2, 0.25) is 0 Å². The molecule has 4 heteroatoms. The van der Waals surface area contributed by atoms with Gasteiger partial charge in [-0.25, -0.2) is 9.48 Å². The Labute approximate surface area is 125 Å². The number of β-amino-alcohol motifs (C(OH)–C–C–N with tert-alkyl or cyclic N) is 1. The molecule has 3 nitrogen and oxygen atoms in total. The molecule has 0 aromatic heterocycles. The lowest BCUT2D eigenvalue weighted by Crippen LogP contribution is -2.54. The average Bonchev–Trinajstić information content (AvgIpc) is 2.75. The summed E-state index contributed by atoms with van der Waals surface area (Å²) >= 11 is 1.86. The number of anilines is 1. The van der Waals surface area contributed by atoms with Crippen molar-refractivity contribution >= 4 is 22.6 Å². The Kier molecular flexibility index (Phi) is 3.33. The van der Waals surface area contributed by atoms with E-state index in [0.717, 1.165) is 18.7 Å².